The van der Waals surface area contributed by atoms with Gasteiger partial charge in [0, 0.05) is 24.4 Å². The molecule has 6 heteroatoms. The maximum absolute atomic E-state index is 12.9. The molecule has 0 saturated carbocycles. The second-order valence-electron chi connectivity index (χ2n) is 8.41. The first-order chi connectivity index (χ1) is 14.9. The molecule has 0 unspecified atom stereocenters. The molecule has 0 amide bonds. The maximum atomic E-state index is 12.9. The number of aromatic amines is 1. The van der Waals surface area contributed by atoms with Crippen molar-refractivity contribution in [2.24, 2.45) is 0 Å². The summed E-state index contributed by atoms with van der Waals surface area (Å²) in [5.74, 6) is 0. The second kappa shape index (κ2) is 9.20. The first-order valence-electron chi connectivity index (χ1n) is 10.8. The molecule has 2 aromatic carbocycles. The van der Waals surface area contributed by atoms with Gasteiger partial charge in [-0.25, -0.2) is 0 Å². The lowest BCUT2D eigenvalue weighted by Crippen LogP contribution is -2.40. The number of hydrogen-bond donors (Lipinski definition) is 2. The predicted molar refractivity (Wildman–Crippen MR) is 131 cm³/mol. The molecule has 1 aromatic heterocycles. The van der Waals surface area contributed by atoms with E-state index in [4.69, 9.17) is 17.0 Å². The molecule has 2 N–H and O–H groups in total. The zero-order valence-corrected chi connectivity index (χ0v) is 19.1. The molecule has 1 saturated heterocycles. The highest BCUT2D eigenvalue weighted by Gasteiger charge is 2.22. The van der Waals surface area contributed by atoms with Crippen LogP contribution in [0.15, 0.2) is 47.3 Å². The molecule has 1 fully saturated rings. The number of benzene rings is 2. The van der Waals surface area contributed by atoms with Gasteiger partial charge in [-0.15, -0.1) is 0 Å². The van der Waals surface area contributed by atoms with E-state index in [-0.39, 0.29) is 11.7 Å². The SMILES string of the molecule is Cc1ccc(NC(=S)N(Cc2cc3ccc(C)c(C)c3[nH]c2=O)C[C@H]2CCCO2)cc1. The van der Waals surface area contributed by atoms with Crippen molar-refractivity contribution in [3.8, 4) is 0 Å². The van der Waals surface area contributed by atoms with Crippen LogP contribution in [0.25, 0.3) is 10.9 Å². The van der Waals surface area contributed by atoms with Crippen LogP contribution in [0, 0.1) is 20.8 Å². The van der Waals surface area contributed by atoms with E-state index in [0.717, 1.165) is 41.6 Å². The minimum atomic E-state index is -0.0725. The molecule has 5 nitrogen and oxygen atoms in total. The number of ether oxygens (including phenoxy) is 1. The molecule has 0 spiro atoms. The van der Waals surface area contributed by atoms with Crippen molar-refractivity contribution in [3.63, 3.8) is 0 Å². The summed E-state index contributed by atoms with van der Waals surface area (Å²) in [7, 11) is 0. The molecule has 4 rings (SSSR count). The van der Waals surface area contributed by atoms with E-state index >= 15 is 0 Å². The van der Waals surface area contributed by atoms with Gasteiger partial charge in [0.2, 0.25) is 0 Å². The molecular weight excluding hydrogens is 406 g/mol. The van der Waals surface area contributed by atoms with Crippen LogP contribution in [0.3, 0.4) is 0 Å². The number of aryl methyl sites for hydroxylation is 3. The molecule has 0 aliphatic carbocycles. The largest absolute Gasteiger partial charge is 0.376 e. The Morgan fingerprint density at radius 2 is 1.97 bits per heavy atom. The van der Waals surface area contributed by atoms with Crippen molar-refractivity contribution in [2.45, 2.75) is 46.3 Å². The Labute approximate surface area is 188 Å². The third kappa shape index (κ3) is 4.97. The topological polar surface area (TPSA) is 57.4 Å². The van der Waals surface area contributed by atoms with Gasteiger partial charge < -0.3 is 19.9 Å². The number of nitrogens with one attached hydrogen (secondary N) is 2. The van der Waals surface area contributed by atoms with Crippen LogP contribution in [0.4, 0.5) is 5.69 Å². The van der Waals surface area contributed by atoms with Crippen LogP contribution in [-0.2, 0) is 11.3 Å². The number of pyridine rings is 1. The number of fused-ring (bicyclic) bond motifs is 1. The van der Waals surface area contributed by atoms with E-state index in [9.17, 15) is 4.79 Å². The van der Waals surface area contributed by atoms with Gasteiger partial charge in [0.1, 0.15) is 0 Å². The Hall–Kier alpha value is -2.70. The summed E-state index contributed by atoms with van der Waals surface area (Å²) in [6.07, 6.45) is 2.20. The number of rotatable bonds is 5. The van der Waals surface area contributed by atoms with E-state index in [2.05, 4.69) is 36.3 Å². The van der Waals surface area contributed by atoms with Gasteiger partial charge in [-0.05, 0) is 80.5 Å². The van der Waals surface area contributed by atoms with Gasteiger partial charge in [0.15, 0.2) is 5.11 Å². The molecule has 0 bridgehead atoms. The lowest BCUT2D eigenvalue weighted by atomic mass is 10.0. The van der Waals surface area contributed by atoms with Gasteiger partial charge in [0.25, 0.3) is 5.56 Å². The first kappa shape index (κ1) is 21.5. The molecule has 31 heavy (non-hydrogen) atoms. The van der Waals surface area contributed by atoms with Crippen molar-refractivity contribution in [3.05, 3.63) is 75.1 Å². The lowest BCUT2D eigenvalue weighted by Gasteiger charge is -2.28. The van der Waals surface area contributed by atoms with Gasteiger partial charge >= 0.3 is 0 Å². The van der Waals surface area contributed by atoms with Crippen LogP contribution in [-0.4, -0.2) is 34.3 Å². The van der Waals surface area contributed by atoms with Crippen molar-refractivity contribution in [2.75, 3.05) is 18.5 Å². The molecule has 2 heterocycles. The van der Waals surface area contributed by atoms with Crippen LogP contribution < -0.4 is 10.9 Å². The number of hydrogen-bond acceptors (Lipinski definition) is 3. The highest BCUT2D eigenvalue weighted by Crippen LogP contribution is 2.21. The Morgan fingerprint density at radius 1 is 1.19 bits per heavy atom. The van der Waals surface area contributed by atoms with E-state index in [0.29, 0.717) is 23.8 Å². The monoisotopic (exact) mass is 435 g/mol. The molecular formula is C25H29N3O2S. The number of H-pyrrole nitrogens is 1. The average molecular weight is 436 g/mol. The summed E-state index contributed by atoms with van der Waals surface area (Å²) in [5.41, 5.74) is 5.93. The Kier molecular flexibility index (Phi) is 6.39. The molecule has 1 aliphatic heterocycles. The third-order valence-corrected chi connectivity index (χ3v) is 6.39. The zero-order chi connectivity index (χ0) is 22.0. The van der Waals surface area contributed by atoms with Crippen molar-refractivity contribution < 1.29 is 4.74 Å². The summed E-state index contributed by atoms with van der Waals surface area (Å²) in [6, 6.07) is 14.3. The van der Waals surface area contributed by atoms with Crippen LogP contribution in [0.2, 0.25) is 0 Å². The normalized spacial score (nSPS) is 15.9. The molecule has 162 valence electrons. The average Bonchev–Trinajstić information content (AvgIpc) is 3.26. The molecule has 1 atom stereocenters. The highest BCUT2D eigenvalue weighted by molar-refractivity contribution is 7.80. The van der Waals surface area contributed by atoms with E-state index in [1.165, 1.54) is 11.1 Å². The van der Waals surface area contributed by atoms with E-state index in [1.54, 1.807) is 0 Å². The summed E-state index contributed by atoms with van der Waals surface area (Å²) < 4.78 is 5.85. The second-order valence-corrected chi connectivity index (χ2v) is 8.79. The smallest absolute Gasteiger partial charge is 0.253 e. The van der Waals surface area contributed by atoms with Gasteiger partial charge in [-0.3, -0.25) is 4.79 Å². The van der Waals surface area contributed by atoms with Gasteiger partial charge in [-0.1, -0.05) is 29.8 Å². The summed E-state index contributed by atoms with van der Waals surface area (Å²) in [6.45, 7) is 8.02. The number of nitrogens with zero attached hydrogens (tertiary/aromatic N) is 1. The quantitative estimate of drug-likeness (QED) is 0.562. The molecule has 0 radical (unpaired) electrons. The molecule has 3 aromatic rings. The molecule has 1 aliphatic rings. The third-order valence-electron chi connectivity index (χ3n) is 6.03. The van der Waals surface area contributed by atoms with Crippen molar-refractivity contribution in [1.82, 2.24) is 9.88 Å². The highest BCUT2D eigenvalue weighted by atomic mass is 32.1. The fraction of sp³-hybridized carbons (Fsp3) is 0.360. The number of aromatic nitrogens is 1. The Morgan fingerprint density at radius 3 is 2.68 bits per heavy atom. The number of anilines is 1. The minimum absolute atomic E-state index is 0.0725. The van der Waals surface area contributed by atoms with Crippen LogP contribution >= 0.6 is 12.2 Å². The van der Waals surface area contributed by atoms with Crippen molar-refractivity contribution in [1.29, 1.82) is 0 Å². The lowest BCUT2D eigenvalue weighted by molar-refractivity contribution is 0.0904. The zero-order valence-electron chi connectivity index (χ0n) is 18.3. The van der Waals surface area contributed by atoms with Crippen LogP contribution in [0.5, 0.6) is 0 Å². The Balaban J connectivity index is 1.61. The van der Waals surface area contributed by atoms with Gasteiger partial charge in [0.05, 0.1) is 18.2 Å². The van der Waals surface area contributed by atoms with Crippen molar-refractivity contribution >= 4 is 33.9 Å². The van der Waals surface area contributed by atoms with E-state index < -0.39 is 0 Å². The fourth-order valence-electron chi connectivity index (χ4n) is 3.99. The minimum Gasteiger partial charge on any atom is -0.376 e. The Bertz CT molecular complexity index is 1150. The standard InChI is InChI=1S/C25H29N3O2S/c1-16-6-10-21(11-7-16)26-25(31)28(15-22-5-4-12-30-22)14-20-13-19-9-8-17(2)18(3)23(19)27-24(20)29/h6-11,13,22H,4-5,12,14-15H2,1-3H3,(H,26,31)(H,27,29)/t22-/m1/s1. The maximum Gasteiger partial charge on any atom is 0.253 e. The summed E-state index contributed by atoms with van der Waals surface area (Å²) in [4.78, 5) is 18.0. The summed E-state index contributed by atoms with van der Waals surface area (Å²) in [5, 5.41) is 4.96. The number of thiocarbonyl (C=S) groups is 1. The predicted octanol–water partition coefficient (Wildman–Crippen LogP) is 4.83. The fourth-order valence-corrected chi connectivity index (χ4v) is 4.24. The van der Waals surface area contributed by atoms with Crippen LogP contribution in [0.1, 0.15) is 35.1 Å². The van der Waals surface area contributed by atoms with Gasteiger partial charge in [-0.2, -0.15) is 0 Å². The summed E-state index contributed by atoms with van der Waals surface area (Å²) >= 11 is 5.75. The van der Waals surface area contributed by atoms with E-state index in [1.807, 2.05) is 42.2 Å². The first-order valence-corrected chi connectivity index (χ1v) is 11.2.